The van der Waals surface area contributed by atoms with Gasteiger partial charge in [-0.25, -0.2) is 4.39 Å². The van der Waals surface area contributed by atoms with Crippen LogP contribution in [-0.4, -0.2) is 19.6 Å². The van der Waals surface area contributed by atoms with Gasteiger partial charge in [0.1, 0.15) is 5.82 Å². The van der Waals surface area contributed by atoms with Gasteiger partial charge in [-0.2, -0.15) is 0 Å². The van der Waals surface area contributed by atoms with Gasteiger partial charge in [0.15, 0.2) is 0 Å². The molecule has 2 nitrogen and oxygen atoms in total. The van der Waals surface area contributed by atoms with E-state index in [0.29, 0.717) is 18.7 Å². The van der Waals surface area contributed by atoms with Crippen molar-refractivity contribution in [2.24, 2.45) is 0 Å². The molecular weight excluding hydrogens is 251 g/mol. The largest absolute Gasteiger partial charge is 0.364 e. The Kier molecular flexibility index (Phi) is 7.02. The average molecular weight is 276 g/mol. The maximum Gasteiger partial charge on any atom is 0.130 e. The average Bonchev–Trinajstić information content (AvgIpc) is 2.44. The Hall–Kier alpha value is -1.61. The number of nitrogens with one attached hydrogen (secondary N) is 1. The highest BCUT2D eigenvalue weighted by atomic mass is 19.1. The van der Waals surface area contributed by atoms with Crippen molar-refractivity contribution < 1.29 is 4.39 Å². The van der Waals surface area contributed by atoms with E-state index in [0.717, 1.165) is 18.7 Å². The van der Waals surface area contributed by atoms with E-state index in [9.17, 15) is 4.39 Å². The highest BCUT2D eigenvalue weighted by Crippen LogP contribution is 2.29. The van der Waals surface area contributed by atoms with E-state index in [2.05, 4.69) is 30.3 Å². The lowest BCUT2D eigenvalue weighted by Crippen LogP contribution is -2.28. The van der Waals surface area contributed by atoms with Crippen LogP contribution in [0, 0.1) is 5.82 Å². The zero-order valence-electron chi connectivity index (χ0n) is 12.5. The number of halogens is 1. The molecule has 1 aromatic rings. The highest BCUT2D eigenvalue weighted by molar-refractivity contribution is 5.56. The van der Waals surface area contributed by atoms with E-state index in [4.69, 9.17) is 0 Å². The number of rotatable bonds is 9. The van der Waals surface area contributed by atoms with Gasteiger partial charge < -0.3 is 10.2 Å². The zero-order chi connectivity index (χ0) is 15.0. The molecular formula is C17H25FN2. The van der Waals surface area contributed by atoms with Crippen molar-refractivity contribution in [3.63, 3.8) is 0 Å². The van der Waals surface area contributed by atoms with E-state index in [-0.39, 0.29) is 11.9 Å². The Bertz CT molecular complexity index is 433. The second kappa shape index (κ2) is 8.54. The van der Waals surface area contributed by atoms with Crippen LogP contribution in [-0.2, 0) is 0 Å². The molecule has 0 aliphatic carbocycles. The SMILES string of the molecule is C=CCN(CC=C)c1cccc(F)c1C(C)NCCC. The first-order chi connectivity index (χ1) is 9.65. The van der Waals surface area contributed by atoms with Gasteiger partial charge >= 0.3 is 0 Å². The summed E-state index contributed by atoms with van der Waals surface area (Å²) in [6.07, 6.45) is 4.67. The van der Waals surface area contributed by atoms with Crippen molar-refractivity contribution in [1.29, 1.82) is 0 Å². The Labute approximate surface area is 122 Å². The topological polar surface area (TPSA) is 15.3 Å². The van der Waals surface area contributed by atoms with Gasteiger partial charge in [-0.3, -0.25) is 0 Å². The minimum atomic E-state index is -0.170. The number of benzene rings is 1. The van der Waals surface area contributed by atoms with Crippen molar-refractivity contribution in [1.82, 2.24) is 5.32 Å². The fourth-order valence-electron chi connectivity index (χ4n) is 2.28. The third kappa shape index (κ3) is 4.20. The molecule has 110 valence electrons. The second-order valence-electron chi connectivity index (χ2n) is 4.83. The van der Waals surface area contributed by atoms with Crippen molar-refractivity contribution in [2.75, 3.05) is 24.5 Å². The number of nitrogens with zero attached hydrogens (tertiary/aromatic N) is 1. The van der Waals surface area contributed by atoms with Crippen LogP contribution in [0.3, 0.4) is 0 Å². The van der Waals surface area contributed by atoms with E-state index in [1.807, 2.05) is 25.1 Å². The molecule has 1 unspecified atom stereocenters. The fourth-order valence-corrected chi connectivity index (χ4v) is 2.28. The van der Waals surface area contributed by atoms with Gasteiger partial charge in [-0.1, -0.05) is 25.1 Å². The molecule has 0 spiro atoms. The summed E-state index contributed by atoms with van der Waals surface area (Å²) in [5, 5.41) is 3.35. The smallest absolute Gasteiger partial charge is 0.130 e. The molecule has 20 heavy (non-hydrogen) atoms. The molecule has 1 rings (SSSR count). The molecule has 1 aromatic carbocycles. The van der Waals surface area contributed by atoms with Gasteiger partial charge in [-0.15, -0.1) is 13.2 Å². The standard InChI is InChI=1S/C17H25FN2/c1-5-11-19-14(4)17-15(18)9-8-10-16(17)20(12-6-2)13-7-3/h6-10,14,19H,2-3,5,11-13H2,1,4H3. The van der Waals surface area contributed by atoms with Gasteiger partial charge in [0.05, 0.1) is 0 Å². The predicted octanol–water partition coefficient (Wildman–Crippen LogP) is 4.06. The summed E-state index contributed by atoms with van der Waals surface area (Å²) >= 11 is 0. The zero-order valence-corrected chi connectivity index (χ0v) is 12.5. The van der Waals surface area contributed by atoms with E-state index in [1.165, 1.54) is 6.07 Å². The Morgan fingerprint density at radius 3 is 2.50 bits per heavy atom. The highest BCUT2D eigenvalue weighted by Gasteiger charge is 2.18. The summed E-state index contributed by atoms with van der Waals surface area (Å²) in [6.45, 7) is 13.8. The van der Waals surface area contributed by atoms with E-state index in [1.54, 1.807) is 6.07 Å². The van der Waals surface area contributed by atoms with E-state index >= 15 is 0 Å². The summed E-state index contributed by atoms with van der Waals surface area (Å²) < 4.78 is 14.3. The van der Waals surface area contributed by atoms with Crippen LogP contribution in [0.5, 0.6) is 0 Å². The normalized spacial score (nSPS) is 11.9. The van der Waals surface area contributed by atoms with Crippen LogP contribution in [0.25, 0.3) is 0 Å². The third-order valence-electron chi connectivity index (χ3n) is 3.20. The lowest BCUT2D eigenvalue weighted by molar-refractivity contribution is 0.527. The summed E-state index contributed by atoms with van der Waals surface area (Å²) in [4.78, 5) is 2.07. The molecule has 0 amide bonds. The Balaban J connectivity index is 3.13. The molecule has 0 aliphatic heterocycles. The first-order valence-corrected chi connectivity index (χ1v) is 7.14. The molecule has 0 heterocycles. The number of anilines is 1. The van der Waals surface area contributed by atoms with Gasteiger partial charge in [0.25, 0.3) is 0 Å². The Morgan fingerprint density at radius 1 is 1.30 bits per heavy atom. The molecule has 0 radical (unpaired) electrons. The van der Waals surface area contributed by atoms with Crippen molar-refractivity contribution in [3.8, 4) is 0 Å². The maximum atomic E-state index is 14.3. The van der Waals surface area contributed by atoms with Gasteiger partial charge in [0, 0.05) is 30.4 Å². The van der Waals surface area contributed by atoms with E-state index < -0.39 is 0 Å². The van der Waals surface area contributed by atoms with Crippen LogP contribution >= 0.6 is 0 Å². The van der Waals surface area contributed by atoms with Crippen LogP contribution in [0.4, 0.5) is 10.1 Å². The summed E-state index contributed by atoms with van der Waals surface area (Å²) in [7, 11) is 0. The predicted molar refractivity (Wildman–Crippen MR) is 85.7 cm³/mol. The first kappa shape index (κ1) is 16.4. The second-order valence-corrected chi connectivity index (χ2v) is 4.83. The van der Waals surface area contributed by atoms with Crippen LogP contribution < -0.4 is 10.2 Å². The van der Waals surface area contributed by atoms with Crippen LogP contribution in [0.15, 0.2) is 43.5 Å². The molecule has 1 atom stereocenters. The van der Waals surface area contributed by atoms with Gasteiger partial charge in [0.2, 0.25) is 0 Å². The molecule has 0 fully saturated rings. The van der Waals surface area contributed by atoms with Gasteiger partial charge in [-0.05, 0) is 32.0 Å². The molecule has 0 saturated heterocycles. The maximum absolute atomic E-state index is 14.3. The third-order valence-corrected chi connectivity index (χ3v) is 3.20. The van der Waals surface area contributed by atoms with Crippen molar-refractivity contribution in [3.05, 3.63) is 54.9 Å². The summed E-state index contributed by atoms with van der Waals surface area (Å²) in [5.41, 5.74) is 1.62. The molecule has 0 aromatic heterocycles. The van der Waals surface area contributed by atoms with Crippen LogP contribution in [0.1, 0.15) is 31.9 Å². The molecule has 0 saturated carbocycles. The molecule has 3 heteroatoms. The first-order valence-electron chi connectivity index (χ1n) is 7.14. The Morgan fingerprint density at radius 2 is 1.95 bits per heavy atom. The molecule has 0 bridgehead atoms. The summed E-state index contributed by atoms with van der Waals surface area (Å²) in [6, 6.07) is 5.20. The lowest BCUT2D eigenvalue weighted by atomic mass is 10.0. The molecule has 0 aliphatic rings. The lowest BCUT2D eigenvalue weighted by Gasteiger charge is -2.27. The van der Waals surface area contributed by atoms with Crippen molar-refractivity contribution >= 4 is 5.69 Å². The minimum Gasteiger partial charge on any atom is -0.364 e. The summed E-state index contributed by atoms with van der Waals surface area (Å²) in [5.74, 6) is -0.170. The number of hydrogen-bond acceptors (Lipinski definition) is 2. The monoisotopic (exact) mass is 276 g/mol. The quantitative estimate of drug-likeness (QED) is 0.684. The van der Waals surface area contributed by atoms with Crippen molar-refractivity contribution in [2.45, 2.75) is 26.3 Å². The molecule has 1 N–H and O–H groups in total. The fraction of sp³-hybridized carbons (Fsp3) is 0.412. The van der Waals surface area contributed by atoms with Crippen LogP contribution in [0.2, 0.25) is 0 Å². The number of hydrogen-bond donors (Lipinski definition) is 1. The minimum absolute atomic E-state index is 0.0247.